The summed E-state index contributed by atoms with van der Waals surface area (Å²) in [5.74, 6) is -0.0989. The minimum Gasteiger partial charge on any atom is -0.354 e. The number of hydrogen-bond donors (Lipinski definition) is 2. The maximum absolute atomic E-state index is 12.8. The van der Waals surface area contributed by atoms with Crippen molar-refractivity contribution in [1.29, 1.82) is 0 Å². The summed E-state index contributed by atoms with van der Waals surface area (Å²) in [6.07, 6.45) is 10.8. The number of aromatic nitrogens is 1. The van der Waals surface area contributed by atoms with Gasteiger partial charge in [0.1, 0.15) is 5.54 Å². The first kappa shape index (κ1) is 20.2. The Balaban J connectivity index is 1.62. The number of hydrogen-bond acceptors (Lipinski definition) is 2. The Morgan fingerprint density at radius 2 is 1.71 bits per heavy atom. The van der Waals surface area contributed by atoms with Crippen LogP contribution >= 0.6 is 0 Å². The zero-order valence-electron chi connectivity index (χ0n) is 16.7. The molecule has 150 valence electrons. The molecule has 1 heterocycles. The van der Waals surface area contributed by atoms with E-state index in [1.165, 1.54) is 0 Å². The van der Waals surface area contributed by atoms with Crippen molar-refractivity contribution in [3.63, 3.8) is 0 Å². The molecule has 2 amide bonds. The number of nitrogens with one attached hydrogen (secondary N) is 2. The Morgan fingerprint density at radius 3 is 2.36 bits per heavy atom. The zero-order valence-corrected chi connectivity index (χ0v) is 16.7. The van der Waals surface area contributed by atoms with Gasteiger partial charge in [-0.1, -0.05) is 44.7 Å². The normalized spacial score (nSPS) is 15.8. The summed E-state index contributed by atoms with van der Waals surface area (Å²) in [5, 5.41) is 6.12. The predicted octanol–water partition coefficient (Wildman–Crippen LogP) is 3.76. The first-order valence-electron chi connectivity index (χ1n) is 10.4. The molecule has 0 bridgehead atoms. The first-order valence-corrected chi connectivity index (χ1v) is 10.4. The molecule has 0 atom stereocenters. The fraction of sp³-hybridized carbons (Fsp3) is 0.478. The third-order valence-electron chi connectivity index (χ3n) is 5.54. The minimum atomic E-state index is -0.742. The average Bonchev–Trinajstić information content (AvgIpc) is 3.24. The third-order valence-corrected chi connectivity index (χ3v) is 5.54. The Labute approximate surface area is 167 Å². The smallest absolute Gasteiger partial charge is 0.245 e. The van der Waals surface area contributed by atoms with E-state index >= 15 is 0 Å². The molecule has 2 N–H and O–H groups in total. The molecule has 5 nitrogen and oxygen atoms in total. The number of unbranched alkanes of at least 4 members (excludes halogenated alkanes) is 1. The summed E-state index contributed by atoms with van der Waals surface area (Å²) in [7, 11) is 0. The number of benzene rings is 1. The highest BCUT2D eigenvalue weighted by Gasteiger charge is 2.40. The predicted molar refractivity (Wildman–Crippen MR) is 111 cm³/mol. The molecule has 1 aromatic carbocycles. The molecule has 1 fully saturated rings. The first-order chi connectivity index (χ1) is 13.6. The molecule has 1 aliphatic rings. The van der Waals surface area contributed by atoms with E-state index in [1.807, 2.05) is 53.4 Å². The maximum atomic E-state index is 12.8. The molecule has 1 aromatic heterocycles. The van der Waals surface area contributed by atoms with Gasteiger partial charge in [-0.2, -0.15) is 0 Å². The van der Waals surface area contributed by atoms with Crippen LogP contribution in [0.2, 0.25) is 0 Å². The summed E-state index contributed by atoms with van der Waals surface area (Å²) in [6, 6.07) is 11.9. The van der Waals surface area contributed by atoms with E-state index in [4.69, 9.17) is 0 Å². The van der Waals surface area contributed by atoms with Crippen molar-refractivity contribution in [2.24, 2.45) is 0 Å². The molecular formula is C23H31N3O2. The molecule has 1 aliphatic carbocycles. The summed E-state index contributed by atoms with van der Waals surface area (Å²) in [6.45, 7) is 2.78. The molecule has 0 spiro atoms. The summed E-state index contributed by atoms with van der Waals surface area (Å²) in [4.78, 5) is 25.6. The Hall–Kier alpha value is -2.56. The molecule has 1 saturated carbocycles. The Kier molecular flexibility index (Phi) is 6.90. The van der Waals surface area contributed by atoms with Crippen molar-refractivity contribution in [1.82, 2.24) is 15.2 Å². The summed E-state index contributed by atoms with van der Waals surface area (Å²) < 4.78 is 2.03. The number of carbonyl (C=O) groups excluding carboxylic acids is 2. The highest BCUT2D eigenvalue weighted by atomic mass is 16.2. The zero-order chi connectivity index (χ0) is 19.8. The molecule has 0 unspecified atom stereocenters. The lowest BCUT2D eigenvalue weighted by Gasteiger charge is -2.36. The lowest BCUT2D eigenvalue weighted by molar-refractivity contribution is -0.134. The second kappa shape index (κ2) is 9.58. The number of amides is 2. The standard InChI is InChI=1S/C23H31N3O2/c1-2-3-15-24-22(28)23(13-5-4-6-14-23)25-21(27)18-19-9-11-20(12-10-19)26-16-7-8-17-26/h7-12,16-17H,2-6,13-15,18H2,1H3,(H,24,28)(H,25,27). The van der Waals surface area contributed by atoms with E-state index in [-0.39, 0.29) is 18.2 Å². The molecule has 0 saturated heterocycles. The summed E-state index contributed by atoms with van der Waals surface area (Å²) >= 11 is 0. The monoisotopic (exact) mass is 381 g/mol. The second-order valence-electron chi connectivity index (χ2n) is 7.73. The number of rotatable bonds is 8. The fourth-order valence-corrected chi connectivity index (χ4v) is 3.90. The highest BCUT2D eigenvalue weighted by molar-refractivity contribution is 5.92. The van der Waals surface area contributed by atoms with Crippen molar-refractivity contribution in [2.75, 3.05) is 6.54 Å². The lowest BCUT2D eigenvalue weighted by atomic mass is 9.80. The van der Waals surface area contributed by atoms with Crippen molar-refractivity contribution in [3.8, 4) is 5.69 Å². The van der Waals surface area contributed by atoms with Crippen LogP contribution in [0.5, 0.6) is 0 Å². The van der Waals surface area contributed by atoms with E-state index in [2.05, 4.69) is 17.6 Å². The van der Waals surface area contributed by atoms with Crippen LogP contribution in [0.4, 0.5) is 0 Å². The second-order valence-corrected chi connectivity index (χ2v) is 7.73. The maximum Gasteiger partial charge on any atom is 0.245 e. The van der Waals surface area contributed by atoms with Crippen LogP contribution in [-0.2, 0) is 16.0 Å². The van der Waals surface area contributed by atoms with Crippen molar-refractivity contribution in [2.45, 2.75) is 63.8 Å². The van der Waals surface area contributed by atoms with Gasteiger partial charge in [-0.3, -0.25) is 9.59 Å². The molecule has 2 aromatic rings. The third kappa shape index (κ3) is 5.03. The van der Waals surface area contributed by atoms with Gasteiger partial charge in [-0.05, 0) is 49.1 Å². The summed E-state index contributed by atoms with van der Waals surface area (Å²) in [5.41, 5.74) is 1.27. The van der Waals surface area contributed by atoms with Gasteiger partial charge in [0.15, 0.2) is 0 Å². The SMILES string of the molecule is CCCCNC(=O)C1(NC(=O)Cc2ccc(-n3cccc3)cc2)CCCCC1. The van der Waals surface area contributed by atoms with Crippen molar-refractivity contribution >= 4 is 11.8 Å². The van der Waals surface area contributed by atoms with Crippen molar-refractivity contribution < 1.29 is 9.59 Å². The van der Waals surface area contributed by atoms with Gasteiger partial charge in [0, 0.05) is 24.6 Å². The van der Waals surface area contributed by atoms with Crippen LogP contribution in [0.15, 0.2) is 48.8 Å². The van der Waals surface area contributed by atoms with Crippen LogP contribution in [0.3, 0.4) is 0 Å². The van der Waals surface area contributed by atoms with Gasteiger partial charge in [-0.15, -0.1) is 0 Å². The largest absolute Gasteiger partial charge is 0.354 e. The van der Waals surface area contributed by atoms with Crippen LogP contribution in [-0.4, -0.2) is 28.5 Å². The number of carbonyl (C=O) groups is 2. The average molecular weight is 382 g/mol. The van der Waals surface area contributed by atoms with E-state index in [0.29, 0.717) is 6.54 Å². The van der Waals surface area contributed by atoms with Gasteiger partial charge in [0.05, 0.1) is 6.42 Å². The van der Waals surface area contributed by atoms with Crippen molar-refractivity contribution in [3.05, 3.63) is 54.4 Å². The van der Waals surface area contributed by atoms with Gasteiger partial charge in [0.2, 0.25) is 11.8 Å². The molecule has 5 heteroatoms. The van der Waals surface area contributed by atoms with Gasteiger partial charge in [-0.25, -0.2) is 0 Å². The van der Waals surface area contributed by atoms with E-state index in [0.717, 1.165) is 56.2 Å². The number of nitrogens with zero attached hydrogens (tertiary/aromatic N) is 1. The Bertz CT molecular complexity index is 760. The highest BCUT2D eigenvalue weighted by Crippen LogP contribution is 2.28. The van der Waals surface area contributed by atoms with Crippen LogP contribution in [0, 0.1) is 0 Å². The van der Waals surface area contributed by atoms with E-state index in [9.17, 15) is 9.59 Å². The molecular weight excluding hydrogens is 350 g/mol. The minimum absolute atomic E-state index is 0.0167. The van der Waals surface area contributed by atoms with E-state index in [1.54, 1.807) is 0 Å². The van der Waals surface area contributed by atoms with Gasteiger partial charge < -0.3 is 15.2 Å². The fourth-order valence-electron chi connectivity index (χ4n) is 3.90. The lowest BCUT2D eigenvalue weighted by Crippen LogP contribution is -2.60. The van der Waals surface area contributed by atoms with Gasteiger partial charge >= 0.3 is 0 Å². The molecule has 3 rings (SSSR count). The van der Waals surface area contributed by atoms with Gasteiger partial charge in [0.25, 0.3) is 0 Å². The Morgan fingerprint density at radius 1 is 1.04 bits per heavy atom. The molecule has 0 radical (unpaired) electrons. The topological polar surface area (TPSA) is 63.1 Å². The molecule has 28 heavy (non-hydrogen) atoms. The molecule has 0 aliphatic heterocycles. The van der Waals surface area contributed by atoms with Crippen LogP contribution in [0.1, 0.15) is 57.4 Å². The quantitative estimate of drug-likeness (QED) is 0.684. The van der Waals surface area contributed by atoms with Crippen LogP contribution < -0.4 is 10.6 Å². The van der Waals surface area contributed by atoms with E-state index < -0.39 is 5.54 Å². The van der Waals surface area contributed by atoms with Crippen LogP contribution in [0.25, 0.3) is 5.69 Å².